The molecule has 1 N–H and O–H groups in total. The average Bonchev–Trinajstić information content (AvgIpc) is 3.29. The fourth-order valence-corrected chi connectivity index (χ4v) is 4.08. The van der Waals surface area contributed by atoms with Gasteiger partial charge in [-0.25, -0.2) is 9.67 Å². The number of nitrogens with zero attached hydrogens (tertiary/aromatic N) is 4. The third-order valence-corrected chi connectivity index (χ3v) is 5.78. The van der Waals surface area contributed by atoms with Crippen LogP contribution >= 0.6 is 0 Å². The predicted molar refractivity (Wildman–Crippen MR) is 126 cm³/mol. The van der Waals surface area contributed by atoms with Crippen molar-refractivity contribution in [2.75, 3.05) is 13.2 Å². The van der Waals surface area contributed by atoms with E-state index >= 15 is 0 Å². The first-order valence-electron chi connectivity index (χ1n) is 11.2. The fourth-order valence-electron chi connectivity index (χ4n) is 4.08. The first-order valence-corrected chi connectivity index (χ1v) is 11.2. The van der Waals surface area contributed by atoms with E-state index < -0.39 is 0 Å². The lowest BCUT2D eigenvalue weighted by atomic mass is 9.95. The van der Waals surface area contributed by atoms with Gasteiger partial charge in [-0.1, -0.05) is 38.1 Å². The van der Waals surface area contributed by atoms with Crippen LogP contribution in [0.15, 0.2) is 65.8 Å². The molecule has 1 amide bonds. The number of aromatic nitrogens is 4. The molecule has 0 bridgehead atoms. The highest BCUT2D eigenvalue weighted by atomic mass is 16.6. The SMILES string of the molecule is CC(C)[C@H](NC(=O)Cn1cnc2c(cnn2-c2ccccc2)c1=O)c1ccc2c(c1)OCCO2. The first kappa shape index (κ1) is 21.7. The second-order valence-electron chi connectivity index (χ2n) is 8.50. The standard InChI is InChI=1S/C25H25N5O4/c1-16(2)23(17-8-9-20-21(12-17)34-11-10-33-20)28-22(31)14-29-15-26-24-19(25(29)32)13-27-30(24)18-6-4-3-5-7-18/h3-9,12-13,15-16,23H,10-11,14H2,1-2H3,(H,28,31)/t23-/m0/s1. The van der Waals surface area contributed by atoms with Crippen molar-refractivity contribution >= 4 is 16.9 Å². The van der Waals surface area contributed by atoms with Crippen molar-refractivity contribution in [2.45, 2.75) is 26.4 Å². The molecule has 0 aliphatic carbocycles. The van der Waals surface area contributed by atoms with Gasteiger partial charge in [-0.05, 0) is 35.7 Å². The van der Waals surface area contributed by atoms with Gasteiger partial charge in [0.2, 0.25) is 5.91 Å². The van der Waals surface area contributed by atoms with Crippen molar-refractivity contribution in [3.63, 3.8) is 0 Å². The molecule has 3 heterocycles. The van der Waals surface area contributed by atoms with E-state index in [0.717, 1.165) is 11.3 Å². The van der Waals surface area contributed by atoms with Gasteiger partial charge in [-0.2, -0.15) is 5.10 Å². The zero-order valence-corrected chi connectivity index (χ0v) is 19.0. The second kappa shape index (κ2) is 9.01. The minimum absolute atomic E-state index is 0.118. The maximum Gasteiger partial charge on any atom is 0.264 e. The quantitative estimate of drug-likeness (QED) is 0.476. The number of benzene rings is 2. The highest BCUT2D eigenvalue weighted by molar-refractivity contribution is 5.78. The molecule has 0 spiro atoms. The van der Waals surface area contributed by atoms with Gasteiger partial charge >= 0.3 is 0 Å². The number of carbonyl (C=O) groups excluding carboxylic acids is 1. The van der Waals surface area contributed by atoms with Crippen LogP contribution in [0.5, 0.6) is 11.5 Å². The number of hydrogen-bond acceptors (Lipinski definition) is 6. The Hall–Kier alpha value is -4.14. The number of hydrogen-bond donors (Lipinski definition) is 1. The number of fused-ring (bicyclic) bond motifs is 2. The van der Waals surface area contributed by atoms with E-state index in [9.17, 15) is 9.59 Å². The van der Waals surface area contributed by atoms with Crippen molar-refractivity contribution in [1.29, 1.82) is 0 Å². The molecule has 2 aromatic carbocycles. The topological polar surface area (TPSA) is 100 Å². The number of ether oxygens (including phenoxy) is 2. The summed E-state index contributed by atoms with van der Waals surface area (Å²) in [6, 6.07) is 14.9. The van der Waals surface area contributed by atoms with E-state index in [-0.39, 0.29) is 30.0 Å². The number of rotatable bonds is 6. The lowest BCUT2D eigenvalue weighted by Crippen LogP contribution is -2.36. The first-order chi connectivity index (χ1) is 16.5. The second-order valence-corrected chi connectivity index (χ2v) is 8.50. The summed E-state index contributed by atoms with van der Waals surface area (Å²) in [6.45, 7) is 4.92. The molecule has 1 atom stereocenters. The summed E-state index contributed by atoms with van der Waals surface area (Å²) in [5.74, 6) is 1.20. The molecule has 0 unspecified atom stereocenters. The highest BCUT2D eigenvalue weighted by Crippen LogP contribution is 2.34. The molecule has 2 aromatic heterocycles. The van der Waals surface area contributed by atoms with Gasteiger partial charge in [0.1, 0.15) is 31.5 Å². The Labute approximate surface area is 195 Å². The number of para-hydroxylation sites is 1. The van der Waals surface area contributed by atoms with Crippen LogP contribution in [0, 0.1) is 5.92 Å². The lowest BCUT2D eigenvalue weighted by molar-refractivity contribution is -0.122. The van der Waals surface area contributed by atoms with Crippen LogP contribution in [-0.4, -0.2) is 38.5 Å². The summed E-state index contributed by atoms with van der Waals surface area (Å²) >= 11 is 0. The summed E-state index contributed by atoms with van der Waals surface area (Å²) in [6.07, 6.45) is 2.87. The summed E-state index contributed by atoms with van der Waals surface area (Å²) in [5, 5.41) is 7.72. The van der Waals surface area contributed by atoms with Crippen molar-refractivity contribution in [2.24, 2.45) is 5.92 Å². The Morgan fingerprint density at radius 3 is 2.62 bits per heavy atom. The Morgan fingerprint density at radius 2 is 1.85 bits per heavy atom. The van der Waals surface area contributed by atoms with E-state index in [1.54, 1.807) is 4.68 Å². The van der Waals surface area contributed by atoms with Crippen molar-refractivity contribution in [1.82, 2.24) is 24.6 Å². The van der Waals surface area contributed by atoms with Crippen LogP contribution in [-0.2, 0) is 11.3 Å². The Balaban J connectivity index is 1.36. The van der Waals surface area contributed by atoms with Crippen LogP contribution in [0.4, 0.5) is 0 Å². The van der Waals surface area contributed by atoms with Gasteiger partial charge in [0, 0.05) is 0 Å². The van der Waals surface area contributed by atoms with Crippen LogP contribution < -0.4 is 20.3 Å². The molecule has 1 aliphatic rings. The van der Waals surface area contributed by atoms with Gasteiger partial charge in [0.05, 0.1) is 17.9 Å². The maximum atomic E-state index is 13.0. The highest BCUT2D eigenvalue weighted by Gasteiger charge is 2.22. The zero-order valence-electron chi connectivity index (χ0n) is 19.0. The van der Waals surface area contributed by atoms with E-state index in [0.29, 0.717) is 35.7 Å². The molecule has 0 fully saturated rings. The maximum absolute atomic E-state index is 13.0. The minimum Gasteiger partial charge on any atom is -0.486 e. The van der Waals surface area contributed by atoms with Crippen LogP contribution in [0.25, 0.3) is 16.7 Å². The summed E-state index contributed by atoms with van der Waals surface area (Å²) in [4.78, 5) is 30.4. The number of amides is 1. The molecular weight excluding hydrogens is 434 g/mol. The Bertz CT molecular complexity index is 1390. The van der Waals surface area contributed by atoms with E-state index in [4.69, 9.17) is 9.47 Å². The minimum atomic E-state index is -0.317. The molecule has 34 heavy (non-hydrogen) atoms. The average molecular weight is 460 g/mol. The largest absolute Gasteiger partial charge is 0.486 e. The molecule has 174 valence electrons. The molecule has 0 saturated heterocycles. The van der Waals surface area contributed by atoms with Crippen LogP contribution in [0.2, 0.25) is 0 Å². The molecule has 1 aliphatic heterocycles. The molecule has 0 saturated carbocycles. The molecule has 4 aromatic rings. The third-order valence-electron chi connectivity index (χ3n) is 5.78. The zero-order chi connectivity index (χ0) is 23.7. The van der Waals surface area contributed by atoms with Gasteiger partial charge in [0.25, 0.3) is 5.56 Å². The molecule has 9 nitrogen and oxygen atoms in total. The summed E-state index contributed by atoms with van der Waals surface area (Å²) < 4.78 is 14.2. The van der Waals surface area contributed by atoms with Gasteiger partial charge in [0.15, 0.2) is 17.1 Å². The monoisotopic (exact) mass is 459 g/mol. The van der Waals surface area contributed by atoms with Crippen molar-refractivity contribution in [3.05, 3.63) is 77.0 Å². The van der Waals surface area contributed by atoms with Crippen LogP contribution in [0.1, 0.15) is 25.5 Å². The van der Waals surface area contributed by atoms with E-state index in [1.807, 2.05) is 62.4 Å². The Kier molecular flexibility index (Phi) is 5.75. The van der Waals surface area contributed by atoms with Gasteiger partial charge in [-0.3, -0.25) is 14.2 Å². The predicted octanol–water partition coefficient (Wildman–Crippen LogP) is 2.87. The summed E-state index contributed by atoms with van der Waals surface area (Å²) in [5.41, 5.74) is 1.85. The van der Waals surface area contributed by atoms with Gasteiger partial charge in [-0.15, -0.1) is 0 Å². The van der Waals surface area contributed by atoms with Crippen LogP contribution in [0.3, 0.4) is 0 Å². The smallest absolute Gasteiger partial charge is 0.264 e. The van der Waals surface area contributed by atoms with Crippen molar-refractivity contribution in [3.8, 4) is 17.2 Å². The van der Waals surface area contributed by atoms with Gasteiger partial charge < -0.3 is 14.8 Å². The summed E-state index contributed by atoms with van der Waals surface area (Å²) in [7, 11) is 0. The fraction of sp³-hybridized carbons (Fsp3) is 0.280. The molecule has 5 rings (SSSR count). The molecular formula is C25H25N5O4. The number of nitrogens with one attached hydrogen (secondary N) is 1. The van der Waals surface area contributed by atoms with Crippen molar-refractivity contribution < 1.29 is 14.3 Å². The van der Waals surface area contributed by atoms with E-state index in [1.165, 1.54) is 17.1 Å². The lowest BCUT2D eigenvalue weighted by Gasteiger charge is -2.25. The normalized spacial score (nSPS) is 13.7. The van der Waals surface area contributed by atoms with E-state index in [2.05, 4.69) is 15.4 Å². The third kappa shape index (κ3) is 4.12. The number of carbonyl (C=O) groups is 1. The molecule has 9 heteroatoms. The molecule has 0 radical (unpaired) electrons. The Morgan fingerprint density at radius 1 is 1.09 bits per heavy atom.